The van der Waals surface area contributed by atoms with Crippen LogP contribution in [0.2, 0.25) is 0 Å². The Labute approximate surface area is 293 Å². The summed E-state index contributed by atoms with van der Waals surface area (Å²) in [6.07, 6.45) is 10.2. The van der Waals surface area contributed by atoms with Gasteiger partial charge in [0.05, 0.1) is 5.69 Å². The maximum atomic E-state index is 12.6. The molecular formula is C40H60N8O. The molecule has 0 radical (unpaired) electrons. The molecule has 0 saturated heterocycles. The molecule has 0 bridgehead atoms. The van der Waals surface area contributed by atoms with Crippen LogP contribution in [0.25, 0.3) is 16.7 Å². The molecule has 0 spiro atoms. The largest absolute Gasteiger partial charge is 0.370 e. The minimum absolute atomic E-state index is 0.0390. The number of hydrogen-bond donors (Lipinski definition) is 5. The van der Waals surface area contributed by atoms with Gasteiger partial charge in [0, 0.05) is 41.3 Å². The first kappa shape index (κ1) is 37.9. The highest BCUT2D eigenvalue weighted by Crippen LogP contribution is 2.33. The average Bonchev–Trinajstić information content (AvgIpc) is 3.67. The van der Waals surface area contributed by atoms with E-state index >= 15 is 0 Å². The number of nitrogens with one attached hydrogen (secondary N) is 2. The van der Waals surface area contributed by atoms with Gasteiger partial charge in [-0.25, -0.2) is 4.79 Å². The van der Waals surface area contributed by atoms with Crippen LogP contribution in [0.3, 0.4) is 0 Å². The van der Waals surface area contributed by atoms with E-state index in [1.54, 1.807) is 21.3 Å². The van der Waals surface area contributed by atoms with Crippen LogP contribution >= 0.6 is 0 Å². The molecule has 8 N–H and O–H groups in total. The molecule has 1 aliphatic carbocycles. The fourth-order valence-corrected chi connectivity index (χ4v) is 6.30. The zero-order valence-corrected chi connectivity index (χ0v) is 31.1. The van der Waals surface area contributed by atoms with Gasteiger partial charge in [-0.05, 0) is 117 Å². The third kappa shape index (κ3) is 10.5. The Morgan fingerprint density at radius 1 is 1.00 bits per heavy atom. The molecule has 1 aliphatic rings. The molecule has 2 atom stereocenters. The Bertz CT molecular complexity index is 1760. The second kappa shape index (κ2) is 16.2. The number of guanidine groups is 1. The highest BCUT2D eigenvalue weighted by Gasteiger charge is 2.21. The predicted molar refractivity (Wildman–Crippen MR) is 206 cm³/mol. The number of nitrogens with two attached hydrogens (primary N) is 3. The Morgan fingerprint density at radius 3 is 2.35 bits per heavy atom. The molecule has 2 heterocycles. The van der Waals surface area contributed by atoms with Crippen molar-refractivity contribution in [3.8, 4) is 5.69 Å². The first-order valence-electron chi connectivity index (χ1n) is 18.0. The van der Waals surface area contributed by atoms with Gasteiger partial charge in [-0.3, -0.25) is 9.56 Å². The number of H-pyrrole nitrogens is 1. The third-order valence-corrected chi connectivity index (χ3v) is 9.35. The third-order valence-electron chi connectivity index (χ3n) is 9.35. The molecule has 9 heteroatoms. The number of rotatable bonds is 11. The molecular weight excluding hydrogens is 608 g/mol. The van der Waals surface area contributed by atoms with Crippen molar-refractivity contribution in [2.24, 2.45) is 22.2 Å². The van der Waals surface area contributed by atoms with Crippen LogP contribution in [0.5, 0.6) is 0 Å². The second-order valence-electron chi connectivity index (χ2n) is 15.8. The lowest BCUT2D eigenvalue weighted by atomic mass is 9.83. The fraction of sp³-hybridized carbons (Fsp3) is 0.525. The highest BCUT2D eigenvalue weighted by atomic mass is 16.1. The quantitative estimate of drug-likeness (QED) is 0.0702. The molecule has 0 fully saturated rings. The van der Waals surface area contributed by atoms with Crippen molar-refractivity contribution in [3.63, 3.8) is 0 Å². The van der Waals surface area contributed by atoms with Gasteiger partial charge in [0.25, 0.3) is 0 Å². The summed E-state index contributed by atoms with van der Waals surface area (Å²) >= 11 is 0. The van der Waals surface area contributed by atoms with Crippen LogP contribution in [-0.2, 0) is 30.1 Å². The molecule has 0 unspecified atom stereocenters. The SMILES string of the molecule is C[C@H](N)CCCc1cc(C(C)(C)C)cc2c1CCC2.C[C@H](NCCCN=C(N)N)c1ccc(-n2cc3cc(C(C)(C)C)[nH]c3nc2=O)cc1. The number of aromatic nitrogens is 3. The summed E-state index contributed by atoms with van der Waals surface area (Å²) in [5.74, 6) is 0.121. The van der Waals surface area contributed by atoms with E-state index in [2.05, 4.69) is 93.9 Å². The lowest BCUT2D eigenvalue weighted by molar-refractivity contribution is 0.562. The number of nitrogens with zero attached hydrogens (tertiary/aromatic N) is 3. The van der Waals surface area contributed by atoms with Crippen molar-refractivity contribution in [2.75, 3.05) is 13.1 Å². The Hall–Kier alpha value is -3.95. The van der Waals surface area contributed by atoms with E-state index in [1.807, 2.05) is 30.5 Å². The molecule has 0 saturated carbocycles. The summed E-state index contributed by atoms with van der Waals surface area (Å²) in [5.41, 5.74) is 26.4. The van der Waals surface area contributed by atoms with E-state index in [0.717, 1.165) is 41.7 Å². The topological polar surface area (TPSA) is 153 Å². The normalized spacial score (nSPS) is 14.2. The molecule has 9 nitrogen and oxygen atoms in total. The van der Waals surface area contributed by atoms with E-state index in [9.17, 15) is 4.79 Å². The highest BCUT2D eigenvalue weighted by molar-refractivity contribution is 5.76. The van der Waals surface area contributed by atoms with E-state index in [-0.39, 0.29) is 28.5 Å². The Balaban J connectivity index is 0.000000244. The maximum Gasteiger partial charge on any atom is 0.354 e. The second-order valence-corrected chi connectivity index (χ2v) is 15.8. The molecule has 49 heavy (non-hydrogen) atoms. The van der Waals surface area contributed by atoms with E-state index < -0.39 is 0 Å². The van der Waals surface area contributed by atoms with E-state index in [4.69, 9.17) is 17.2 Å². The van der Waals surface area contributed by atoms with Crippen LogP contribution in [0.4, 0.5) is 0 Å². The van der Waals surface area contributed by atoms with Crippen molar-refractivity contribution >= 4 is 17.0 Å². The Kier molecular flexibility index (Phi) is 12.5. The lowest BCUT2D eigenvalue weighted by Crippen LogP contribution is -2.24. The van der Waals surface area contributed by atoms with Crippen molar-refractivity contribution in [1.29, 1.82) is 0 Å². The van der Waals surface area contributed by atoms with Gasteiger partial charge in [-0.1, -0.05) is 65.8 Å². The molecule has 2 aromatic carbocycles. The van der Waals surface area contributed by atoms with Crippen LogP contribution in [0.1, 0.15) is 121 Å². The fourth-order valence-electron chi connectivity index (χ4n) is 6.30. The molecule has 0 amide bonds. The van der Waals surface area contributed by atoms with Crippen molar-refractivity contribution in [2.45, 2.75) is 123 Å². The van der Waals surface area contributed by atoms with Gasteiger partial charge in [0.2, 0.25) is 0 Å². The van der Waals surface area contributed by atoms with Gasteiger partial charge >= 0.3 is 5.69 Å². The van der Waals surface area contributed by atoms with Gasteiger partial charge in [-0.15, -0.1) is 0 Å². The van der Waals surface area contributed by atoms with Crippen LogP contribution < -0.4 is 28.2 Å². The maximum absolute atomic E-state index is 12.6. The standard InChI is InChI=1S/C22H31N7O.C18H29N/c1-14(25-10-5-11-26-20(23)24)15-6-8-17(9-7-15)29-13-16-12-18(22(2,3)4)27-19(16)28-21(29)30;1-13(19)7-5-8-14-11-16(18(2,3)4)12-15-9-6-10-17(14)15/h6-9,12-14,25H,5,10-11H2,1-4H3,(H4,23,24,26)(H,27,28,30);11-13H,5-10,19H2,1-4H3/t14-;13-/m00/s1. The van der Waals surface area contributed by atoms with Gasteiger partial charge in [0.1, 0.15) is 5.65 Å². The van der Waals surface area contributed by atoms with Gasteiger partial charge in [0.15, 0.2) is 5.96 Å². The first-order valence-corrected chi connectivity index (χ1v) is 18.0. The van der Waals surface area contributed by atoms with Crippen LogP contribution in [-0.4, -0.2) is 39.6 Å². The van der Waals surface area contributed by atoms with Crippen LogP contribution in [0.15, 0.2) is 58.4 Å². The molecule has 0 aliphatic heterocycles. The number of benzene rings is 2. The number of hydrogen-bond acceptors (Lipinski definition) is 5. The summed E-state index contributed by atoms with van der Waals surface area (Å²) in [7, 11) is 0. The van der Waals surface area contributed by atoms with E-state index in [0.29, 0.717) is 18.2 Å². The summed E-state index contributed by atoms with van der Waals surface area (Å²) in [6, 6.07) is 15.4. The summed E-state index contributed by atoms with van der Waals surface area (Å²) in [5, 5.41) is 4.36. The molecule has 266 valence electrons. The van der Waals surface area contributed by atoms with E-state index in [1.165, 1.54) is 37.7 Å². The predicted octanol–water partition coefficient (Wildman–Crippen LogP) is 6.47. The number of aliphatic imine (C=N–C) groups is 1. The number of aryl methyl sites for hydroxylation is 2. The zero-order chi connectivity index (χ0) is 35.9. The summed E-state index contributed by atoms with van der Waals surface area (Å²) in [6.45, 7) is 18.9. The number of fused-ring (bicyclic) bond motifs is 2. The first-order chi connectivity index (χ1) is 23.0. The minimum atomic E-state index is -0.302. The molecule has 2 aromatic heterocycles. The smallest absolute Gasteiger partial charge is 0.354 e. The lowest BCUT2D eigenvalue weighted by Gasteiger charge is -2.22. The molecule has 5 rings (SSSR count). The molecule has 4 aromatic rings. The van der Waals surface area contributed by atoms with Crippen molar-refractivity contribution in [3.05, 3.63) is 92.7 Å². The van der Waals surface area contributed by atoms with Crippen LogP contribution in [0, 0.1) is 0 Å². The van der Waals surface area contributed by atoms with Crippen molar-refractivity contribution < 1.29 is 0 Å². The summed E-state index contributed by atoms with van der Waals surface area (Å²) < 4.78 is 1.58. The number of aromatic amines is 1. The van der Waals surface area contributed by atoms with Gasteiger partial charge < -0.3 is 27.5 Å². The van der Waals surface area contributed by atoms with Crippen molar-refractivity contribution in [1.82, 2.24) is 19.9 Å². The monoisotopic (exact) mass is 668 g/mol. The van der Waals surface area contributed by atoms with Gasteiger partial charge in [-0.2, -0.15) is 4.98 Å². The zero-order valence-electron chi connectivity index (χ0n) is 31.1. The summed E-state index contributed by atoms with van der Waals surface area (Å²) in [4.78, 5) is 24.0. The average molecular weight is 669 g/mol. The Morgan fingerprint density at radius 2 is 1.71 bits per heavy atom. The minimum Gasteiger partial charge on any atom is -0.370 e.